The van der Waals surface area contributed by atoms with E-state index in [1.807, 2.05) is 13.8 Å². The highest BCUT2D eigenvalue weighted by Crippen LogP contribution is 2.53. The predicted octanol–water partition coefficient (Wildman–Crippen LogP) is 1.06. The molecule has 1 aliphatic carbocycles. The summed E-state index contributed by atoms with van der Waals surface area (Å²) < 4.78 is 28.5. The molecule has 3 fully saturated rings. The summed E-state index contributed by atoms with van der Waals surface area (Å²) in [4.78, 5) is 0. The Balaban J connectivity index is 1.80. The first-order chi connectivity index (χ1) is 8.00. The maximum Gasteiger partial charge on any atom is 0.186 e. The zero-order chi connectivity index (χ0) is 12.3. The van der Waals surface area contributed by atoms with Gasteiger partial charge in [0.05, 0.1) is 6.10 Å². The molecule has 3 rings (SSSR count). The normalized spacial score (nSPS) is 51.5. The molecule has 5 heteroatoms. The molecule has 17 heavy (non-hydrogen) atoms. The van der Waals surface area contributed by atoms with Crippen LogP contribution < -0.4 is 0 Å². The van der Waals surface area contributed by atoms with Crippen LogP contribution in [0.4, 0.5) is 0 Å². The molecule has 0 amide bonds. The van der Waals surface area contributed by atoms with Gasteiger partial charge in [-0.1, -0.05) is 0 Å². The van der Waals surface area contributed by atoms with E-state index in [2.05, 4.69) is 0 Å². The van der Waals surface area contributed by atoms with Crippen molar-refractivity contribution in [3.05, 3.63) is 0 Å². The van der Waals surface area contributed by atoms with Crippen LogP contribution in [0.3, 0.4) is 0 Å². The fraction of sp³-hybridized carbons (Fsp3) is 1.00. The largest absolute Gasteiger partial charge is 0.381 e. The van der Waals surface area contributed by atoms with Gasteiger partial charge in [-0.2, -0.15) is 0 Å². The van der Waals surface area contributed by atoms with E-state index in [1.165, 1.54) is 0 Å². The van der Waals surface area contributed by atoms with E-state index < -0.39 is 5.79 Å². The smallest absolute Gasteiger partial charge is 0.186 e. The summed E-state index contributed by atoms with van der Waals surface area (Å²) in [6, 6.07) is 0. The average Bonchev–Trinajstić information content (AvgIpc) is 2.67. The fourth-order valence-corrected chi connectivity index (χ4v) is 3.15. The van der Waals surface area contributed by atoms with Crippen molar-refractivity contribution in [1.82, 2.24) is 0 Å². The van der Waals surface area contributed by atoms with Gasteiger partial charge in [-0.3, -0.25) is 0 Å². The Labute approximate surface area is 101 Å². The molecule has 0 radical (unpaired) electrons. The standard InChI is InChI=1S/C12H20O5/c1-11(2)15-8-9(16-11)12(17-10(8)14-4)5-7(6-12)13-3/h7-10H,5-6H2,1-4H3/t7?,8-,9+,10-,12?/m1/s1. The van der Waals surface area contributed by atoms with Gasteiger partial charge in [0.15, 0.2) is 12.1 Å². The quantitative estimate of drug-likeness (QED) is 0.726. The Bertz CT molecular complexity index is 310. The third-order valence-electron chi connectivity index (χ3n) is 3.98. The predicted molar refractivity (Wildman–Crippen MR) is 58.5 cm³/mol. The van der Waals surface area contributed by atoms with Crippen LogP contribution in [0.15, 0.2) is 0 Å². The van der Waals surface area contributed by atoms with E-state index >= 15 is 0 Å². The Kier molecular flexibility index (Phi) is 2.55. The number of hydrogen-bond acceptors (Lipinski definition) is 5. The lowest BCUT2D eigenvalue weighted by molar-refractivity contribution is -0.279. The molecule has 98 valence electrons. The van der Waals surface area contributed by atoms with Gasteiger partial charge in [0, 0.05) is 27.1 Å². The lowest BCUT2D eigenvalue weighted by atomic mass is 9.73. The Morgan fingerprint density at radius 3 is 2.29 bits per heavy atom. The molecule has 3 aliphatic rings. The molecule has 0 aromatic carbocycles. The second kappa shape index (κ2) is 3.65. The van der Waals surface area contributed by atoms with Crippen molar-refractivity contribution in [2.24, 2.45) is 0 Å². The minimum absolute atomic E-state index is 0.0474. The molecule has 1 spiro atoms. The number of hydrogen-bond donors (Lipinski definition) is 0. The molecular formula is C12H20O5. The van der Waals surface area contributed by atoms with Gasteiger partial charge in [-0.05, 0) is 13.8 Å². The number of methoxy groups -OCH3 is 2. The van der Waals surface area contributed by atoms with Crippen LogP contribution in [0.2, 0.25) is 0 Å². The van der Waals surface area contributed by atoms with E-state index in [1.54, 1.807) is 14.2 Å². The van der Waals surface area contributed by atoms with Crippen molar-refractivity contribution < 1.29 is 23.7 Å². The maximum atomic E-state index is 5.97. The van der Waals surface area contributed by atoms with Crippen LogP contribution in [-0.2, 0) is 23.7 Å². The first-order valence-electron chi connectivity index (χ1n) is 6.09. The summed E-state index contributed by atoms with van der Waals surface area (Å²) in [6.45, 7) is 3.86. The molecule has 0 aromatic rings. The minimum atomic E-state index is -0.555. The van der Waals surface area contributed by atoms with Crippen LogP contribution in [0.1, 0.15) is 26.7 Å². The highest BCUT2D eigenvalue weighted by atomic mass is 16.8. The van der Waals surface area contributed by atoms with Crippen molar-refractivity contribution in [2.75, 3.05) is 14.2 Å². The van der Waals surface area contributed by atoms with E-state index in [0.717, 1.165) is 12.8 Å². The first kappa shape index (κ1) is 11.9. The number of rotatable bonds is 2. The molecule has 0 bridgehead atoms. The van der Waals surface area contributed by atoms with Crippen LogP contribution in [0.5, 0.6) is 0 Å². The van der Waals surface area contributed by atoms with E-state index in [-0.39, 0.29) is 30.2 Å². The Hall–Kier alpha value is -0.200. The van der Waals surface area contributed by atoms with Crippen molar-refractivity contribution in [1.29, 1.82) is 0 Å². The summed E-state index contributed by atoms with van der Waals surface area (Å²) in [5, 5.41) is 0. The Morgan fingerprint density at radius 2 is 1.71 bits per heavy atom. The van der Waals surface area contributed by atoms with Crippen molar-refractivity contribution in [2.45, 2.75) is 62.7 Å². The average molecular weight is 244 g/mol. The molecule has 2 saturated heterocycles. The third kappa shape index (κ3) is 1.64. The highest BCUT2D eigenvalue weighted by molar-refractivity contribution is 5.12. The van der Waals surface area contributed by atoms with Crippen molar-refractivity contribution in [3.63, 3.8) is 0 Å². The molecule has 0 aromatic heterocycles. The third-order valence-corrected chi connectivity index (χ3v) is 3.98. The Morgan fingerprint density at radius 1 is 1.00 bits per heavy atom. The minimum Gasteiger partial charge on any atom is -0.381 e. The first-order valence-corrected chi connectivity index (χ1v) is 6.09. The van der Waals surface area contributed by atoms with Gasteiger partial charge >= 0.3 is 0 Å². The zero-order valence-corrected chi connectivity index (χ0v) is 10.8. The molecule has 0 unspecified atom stereocenters. The molecule has 3 atom stereocenters. The molecule has 2 aliphatic heterocycles. The summed E-state index contributed by atoms with van der Waals surface area (Å²) in [6.07, 6.45) is 1.45. The van der Waals surface area contributed by atoms with E-state index in [9.17, 15) is 0 Å². The number of fused-ring (bicyclic) bond motifs is 2. The van der Waals surface area contributed by atoms with Gasteiger partial charge in [0.2, 0.25) is 0 Å². The van der Waals surface area contributed by atoms with Crippen LogP contribution >= 0.6 is 0 Å². The van der Waals surface area contributed by atoms with Crippen LogP contribution in [0.25, 0.3) is 0 Å². The van der Waals surface area contributed by atoms with E-state index in [4.69, 9.17) is 23.7 Å². The summed E-state index contributed by atoms with van der Waals surface area (Å²) in [7, 11) is 3.37. The summed E-state index contributed by atoms with van der Waals surface area (Å²) >= 11 is 0. The summed E-state index contributed by atoms with van der Waals surface area (Å²) in [5.41, 5.74) is -0.278. The molecule has 2 heterocycles. The maximum absolute atomic E-state index is 5.97. The van der Waals surface area contributed by atoms with Crippen LogP contribution in [0, 0.1) is 0 Å². The summed E-state index contributed by atoms with van der Waals surface area (Å²) in [5.74, 6) is -0.555. The van der Waals surface area contributed by atoms with Gasteiger partial charge in [0.25, 0.3) is 0 Å². The number of ether oxygens (including phenoxy) is 5. The SMILES string of the molecule is COC1CC2(C1)O[C@@H](OC)[C@@H]1OC(C)(C)O[C@@H]12. The topological polar surface area (TPSA) is 46.2 Å². The lowest BCUT2D eigenvalue weighted by Crippen LogP contribution is -2.56. The van der Waals surface area contributed by atoms with Gasteiger partial charge in [-0.15, -0.1) is 0 Å². The van der Waals surface area contributed by atoms with Crippen molar-refractivity contribution >= 4 is 0 Å². The molecule has 5 nitrogen and oxygen atoms in total. The van der Waals surface area contributed by atoms with Crippen molar-refractivity contribution in [3.8, 4) is 0 Å². The van der Waals surface area contributed by atoms with Crippen LogP contribution in [-0.4, -0.2) is 50.2 Å². The molecule has 1 saturated carbocycles. The highest BCUT2D eigenvalue weighted by Gasteiger charge is 2.67. The molecular weight excluding hydrogens is 224 g/mol. The lowest BCUT2D eigenvalue weighted by Gasteiger charge is -2.46. The molecule has 0 N–H and O–H groups in total. The van der Waals surface area contributed by atoms with Gasteiger partial charge in [0.1, 0.15) is 17.8 Å². The second-order valence-corrected chi connectivity index (χ2v) is 5.57. The monoisotopic (exact) mass is 244 g/mol. The zero-order valence-electron chi connectivity index (χ0n) is 10.8. The fourth-order valence-electron chi connectivity index (χ4n) is 3.15. The van der Waals surface area contributed by atoms with Gasteiger partial charge in [-0.25, -0.2) is 0 Å². The van der Waals surface area contributed by atoms with E-state index in [0.29, 0.717) is 0 Å². The second-order valence-electron chi connectivity index (χ2n) is 5.57. The van der Waals surface area contributed by atoms with Gasteiger partial charge < -0.3 is 23.7 Å².